The summed E-state index contributed by atoms with van der Waals surface area (Å²) in [5.41, 5.74) is 5.57. The van der Waals surface area contributed by atoms with Gasteiger partial charge < -0.3 is 10.8 Å². The standard InChI is InChI=1S/C13H12N2O3/c14-13(18)15(12(17)8-16)11-7-3-5-9-4-1-2-6-10(9)11/h1-7,16H,8H2,(H2,14,18). The van der Waals surface area contributed by atoms with Gasteiger partial charge >= 0.3 is 6.03 Å². The van der Waals surface area contributed by atoms with Gasteiger partial charge in [-0.05, 0) is 11.5 Å². The molecule has 0 aliphatic carbocycles. The van der Waals surface area contributed by atoms with E-state index in [1.54, 1.807) is 24.3 Å². The maximum atomic E-state index is 11.6. The van der Waals surface area contributed by atoms with E-state index in [0.717, 1.165) is 15.7 Å². The van der Waals surface area contributed by atoms with Crippen molar-refractivity contribution in [3.05, 3.63) is 42.5 Å². The van der Waals surface area contributed by atoms with Crippen LogP contribution in [0, 0.1) is 0 Å². The normalized spacial score (nSPS) is 10.3. The molecule has 0 saturated carbocycles. The molecule has 3 N–H and O–H groups in total. The molecule has 2 rings (SSSR count). The number of nitrogens with zero attached hydrogens (tertiary/aromatic N) is 1. The minimum absolute atomic E-state index is 0.375. The van der Waals surface area contributed by atoms with Gasteiger partial charge in [-0.15, -0.1) is 0 Å². The molecule has 0 aliphatic rings. The molecule has 5 nitrogen and oxygen atoms in total. The van der Waals surface area contributed by atoms with Gasteiger partial charge in [-0.25, -0.2) is 9.69 Å². The summed E-state index contributed by atoms with van der Waals surface area (Å²) in [6.07, 6.45) is 0. The number of rotatable bonds is 2. The van der Waals surface area contributed by atoms with Crippen LogP contribution in [-0.2, 0) is 4.79 Å². The SMILES string of the molecule is NC(=O)N(C(=O)CO)c1cccc2ccccc12. The highest BCUT2D eigenvalue weighted by atomic mass is 16.3. The highest BCUT2D eigenvalue weighted by Gasteiger charge is 2.21. The van der Waals surface area contributed by atoms with E-state index in [1.807, 2.05) is 18.2 Å². The van der Waals surface area contributed by atoms with Crippen LogP contribution < -0.4 is 10.6 Å². The van der Waals surface area contributed by atoms with Gasteiger partial charge in [-0.1, -0.05) is 36.4 Å². The molecule has 2 aromatic rings. The van der Waals surface area contributed by atoms with Crippen LogP contribution in [0.3, 0.4) is 0 Å². The van der Waals surface area contributed by atoms with Crippen LogP contribution in [0.4, 0.5) is 10.5 Å². The van der Waals surface area contributed by atoms with Crippen molar-refractivity contribution in [1.29, 1.82) is 0 Å². The fourth-order valence-electron chi connectivity index (χ4n) is 1.85. The van der Waals surface area contributed by atoms with E-state index in [9.17, 15) is 9.59 Å². The lowest BCUT2D eigenvalue weighted by molar-refractivity contribution is -0.120. The van der Waals surface area contributed by atoms with E-state index < -0.39 is 18.5 Å². The molecule has 0 spiro atoms. The Morgan fingerprint density at radius 1 is 1.11 bits per heavy atom. The van der Waals surface area contributed by atoms with E-state index in [1.165, 1.54) is 0 Å². The van der Waals surface area contributed by atoms with Crippen molar-refractivity contribution in [2.75, 3.05) is 11.5 Å². The first kappa shape index (κ1) is 12.1. The molecule has 0 heterocycles. The van der Waals surface area contributed by atoms with Crippen LogP contribution in [0.15, 0.2) is 42.5 Å². The Morgan fingerprint density at radius 2 is 1.78 bits per heavy atom. The molecule has 0 atom stereocenters. The minimum Gasteiger partial charge on any atom is -0.387 e. The molecule has 0 aromatic heterocycles. The van der Waals surface area contributed by atoms with Crippen LogP contribution in [0.25, 0.3) is 10.8 Å². The van der Waals surface area contributed by atoms with Crippen molar-refractivity contribution in [2.24, 2.45) is 5.73 Å². The van der Waals surface area contributed by atoms with E-state index >= 15 is 0 Å². The first-order valence-electron chi connectivity index (χ1n) is 5.36. The maximum absolute atomic E-state index is 11.6. The zero-order valence-corrected chi connectivity index (χ0v) is 9.54. The van der Waals surface area contributed by atoms with Gasteiger partial charge in [-0.2, -0.15) is 0 Å². The van der Waals surface area contributed by atoms with Crippen molar-refractivity contribution in [3.63, 3.8) is 0 Å². The number of aliphatic hydroxyl groups excluding tert-OH is 1. The third-order valence-electron chi connectivity index (χ3n) is 2.61. The molecule has 92 valence electrons. The molecule has 5 heteroatoms. The van der Waals surface area contributed by atoms with Gasteiger partial charge in [0.15, 0.2) is 0 Å². The van der Waals surface area contributed by atoms with Gasteiger partial charge in [0.25, 0.3) is 5.91 Å². The lowest BCUT2D eigenvalue weighted by Crippen LogP contribution is -2.42. The average Bonchev–Trinajstić information content (AvgIpc) is 2.38. The highest BCUT2D eigenvalue weighted by molar-refractivity contribution is 6.18. The summed E-state index contributed by atoms with van der Waals surface area (Å²) in [4.78, 5) is 23.7. The Balaban J connectivity index is 2.64. The number of aliphatic hydroxyl groups is 1. The second-order valence-corrected chi connectivity index (χ2v) is 3.72. The summed E-state index contributed by atoms with van der Waals surface area (Å²) in [5.74, 6) is -0.751. The fraction of sp³-hybridized carbons (Fsp3) is 0.0769. The predicted molar refractivity (Wildman–Crippen MR) is 68.1 cm³/mol. The molecule has 0 radical (unpaired) electrons. The largest absolute Gasteiger partial charge is 0.387 e. The zero-order valence-electron chi connectivity index (χ0n) is 9.54. The van der Waals surface area contributed by atoms with Crippen LogP contribution in [0.5, 0.6) is 0 Å². The summed E-state index contributed by atoms with van der Waals surface area (Å²) in [6, 6.07) is 11.6. The number of imide groups is 1. The van der Waals surface area contributed by atoms with Crippen LogP contribution in [-0.4, -0.2) is 23.7 Å². The molecule has 0 saturated heterocycles. The number of benzene rings is 2. The maximum Gasteiger partial charge on any atom is 0.326 e. The van der Waals surface area contributed by atoms with Crippen molar-refractivity contribution in [2.45, 2.75) is 0 Å². The smallest absolute Gasteiger partial charge is 0.326 e. The lowest BCUT2D eigenvalue weighted by Gasteiger charge is -2.19. The van der Waals surface area contributed by atoms with Crippen LogP contribution >= 0.6 is 0 Å². The van der Waals surface area contributed by atoms with E-state index in [4.69, 9.17) is 10.8 Å². The summed E-state index contributed by atoms with van der Waals surface area (Å²) in [7, 11) is 0. The van der Waals surface area contributed by atoms with Crippen LogP contribution in [0.2, 0.25) is 0 Å². The molecule has 2 aromatic carbocycles. The first-order chi connectivity index (χ1) is 8.65. The lowest BCUT2D eigenvalue weighted by atomic mass is 10.1. The number of carbonyl (C=O) groups excluding carboxylic acids is 2. The zero-order chi connectivity index (χ0) is 13.1. The molecular weight excluding hydrogens is 232 g/mol. The van der Waals surface area contributed by atoms with Crippen molar-refractivity contribution >= 4 is 28.4 Å². The topological polar surface area (TPSA) is 83.6 Å². The Kier molecular flexibility index (Phi) is 3.25. The molecule has 0 fully saturated rings. The van der Waals surface area contributed by atoms with Gasteiger partial charge in [0.1, 0.15) is 6.61 Å². The van der Waals surface area contributed by atoms with Crippen molar-refractivity contribution in [1.82, 2.24) is 0 Å². The Bertz CT molecular complexity index is 605. The van der Waals surface area contributed by atoms with Crippen LogP contribution in [0.1, 0.15) is 0 Å². The molecule has 0 aliphatic heterocycles. The van der Waals surface area contributed by atoms with E-state index in [2.05, 4.69) is 0 Å². The Morgan fingerprint density at radius 3 is 2.44 bits per heavy atom. The van der Waals surface area contributed by atoms with E-state index in [0.29, 0.717) is 5.69 Å². The number of amides is 3. The molecule has 0 bridgehead atoms. The average molecular weight is 244 g/mol. The Labute approximate surface area is 103 Å². The Hall–Kier alpha value is -2.40. The van der Waals surface area contributed by atoms with Crippen molar-refractivity contribution < 1.29 is 14.7 Å². The first-order valence-corrected chi connectivity index (χ1v) is 5.36. The second kappa shape index (κ2) is 4.85. The van der Waals surface area contributed by atoms with E-state index in [-0.39, 0.29) is 0 Å². The number of fused-ring (bicyclic) bond motifs is 1. The number of hydrogen-bond acceptors (Lipinski definition) is 3. The molecule has 18 heavy (non-hydrogen) atoms. The number of carbonyl (C=O) groups is 2. The number of urea groups is 1. The minimum atomic E-state index is -0.912. The monoisotopic (exact) mass is 244 g/mol. The third-order valence-corrected chi connectivity index (χ3v) is 2.61. The molecular formula is C13H12N2O3. The molecule has 0 unspecified atom stereocenters. The van der Waals surface area contributed by atoms with Gasteiger partial charge in [0.05, 0.1) is 5.69 Å². The third kappa shape index (κ3) is 2.03. The van der Waals surface area contributed by atoms with Crippen molar-refractivity contribution in [3.8, 4) is 0 Å². The summed E-state index contributed by atoms with van der Waals surface area (Å²) in [6.45, 7) is -0.772. The van der Waals surface area contributed by atoms with Gasteiger partial charge in [-0.3, -0.25) is 4.79 Å². The summed E-state index contributed by atoms with van der Waals surface area (Å²) >= 11 is 0. The highest BCUT2D eigenvalue weighted by Crippen LogP contribution is 2.26. The number of nitrogens with two attached hydrogens (primary N) is 1. The number of hydrogen-bond donors (Lipinski definition) is 2. The molecule has 3 amide bonds. The van der Waals surface area contributed by atoms with Gasteiger partial charge in [0, 0.05) is 5.39 Å². The quantitative estimate of drug-likeness (QED) is 0.833. The predicted octanol–water partition coefficient (Wildman–Crippen LogP) is 1.24. The summed E-state index contributed by atoms with van der Waals surface area (Å²) < 4.78 is 0. The fourth-order valence-corrected chi connectivity index (χ4v) is 1.85. The summed E-state index contributed by atoms with van der Waals surface area (Å²) in [5, 5.41) is 10.5. The second-order valence-electron chi connectivity index (χ2n) is 3.72. The number of primary amides is 1. The number of anilines is 1. The van der Waals surface area contributed by atoms with Gasteiger partial charge in [0.2, 0.25) is 0 Å².